The first-order valence-electron chi connectivity index (χ1n) is 8.01. The summed E-state index contributed by atoms with van der Waals surface area (Å²) < 4.78 is 38.2. The van der Waals surface area contributed by atoms with E-state index in [0.29, 0.717) is 5.84 Å². The molecule has 2 aliphatic rings. The maximum absolute atomic E-state index is 12.7. The SMILES string of the molecule is O=C(CSC1=NC(=O)C2C=NN(CCO)C2=N1)Nc1cccc(C(F)(F)F)c1. The first kappa shape index (κ1) is 20.0. The zero-order valence-corrected chi connectivity index (χ0v) is 15.0. The van der Waals surface area contributed by atoms with Crippen molar-refractivity contribution in [3.63, 3.8) is 0 Å². The van der Waals surface area contributed by atoms with Crippen molar-refractivity contribution in [1.29, 1.82) is 0 Å². The Labute approximate surface area is 161 Å². The Kier molecular flexibility index (Phi) is 5.79. The van der Waals surface area contributed by atoms with Gasteiger partial charge in [-0.2, -0.15) is 23.3 Å². The molecule has 1 aromatic carbocycles. The van der Waals surface area contributed by atoms with Crippen molar-refractivity contribution in [1.82, 2.24) is 5.01 Å². The molecule has 2 amide bonds. The van der Waals surface area contributed by atoms with Gasteiger partial charge in [0, 0.05) is 11.9 Å². The number of aliphatic hydroxyl groups is 1. The molecule has 0 bridgehead atoms. The number of benzene rings is 1. The largest absolute Gasteiger partial charge is 0.416 e. The van der Waals surface area contributed by atoms with Crippen molar-refractivity contribution in [2.45, 2.75) is 6.18 Å². The lowest BCUT2D eigenvalue weighted by Crippen LogP contribution is -2.35. The Bertz CT molecular complexity index is 885. The number of nitrogens with one attached hydrogen (secondary N) is 1. The lowest BCUT2D eigenvalue weighted by Gasteiger charge is -2.19. The maximum atomic E-state index is 12.7. The lowest BCUT2D eigenvalue weighted by molar-refractivity contribution is -0.137. The summed E-state index contributed by atoms with van der Waals surface area (Å²) in [5, 5.41) is 16.8. The molecule has 28 heavy (non-hydrogen) atoms. The number of β-amino-alcohol motifs (C(OH)–C–C–N with tert-alkyl or cyclic N) is 1. The van der Waals surface area contributed by atoms with E-state index in [0.717, 1.165) is 23.9 Å². The maximum Gasteiger partial charge on any atom is 0.416 e. The molecule has 0 aliphatic carbocycles. The fourth-order valence-corrected chi connectivity index (χ4v) is 3.10. The van der Waals surface area contributed by atoms with E-state index in [1.54, 1.807) is 0 Å². The van der Waals surface area contributed by atoms with Crippen LogP contribution in [0, 0.1) is 5.92 Å². The first-order valence-corrected chi connectivity index (χ1v) is 9.00. The summed E-state index contributed by atoms with van der Waals surface area (Å²) in [5.74, 6) is -1.67. The summed E-state index contributed by atoms with van der Waals surface area (Å²) in [7, 11) is 0. The summed E-state index contributed by atoms with van der Waals surface area (Å²) >= 11 is 0.870. The monoisotopic (exact) mass is 413 g/mol. The van der Waals surface area contributed by atoms with Crippen LogP contribution in [0.2, 0.25) is 0 Å². The minimum Gasteiger partial charge on any atom is -0.394 e. The van der Waals surface area contributed by atoms with E-state index >= 15 is 0 Å². The van der Waals surface area contributed by atoms with Gasteiger partial charge in [-0.3, -0.25) is 9.59 Å². The van der Waals surface area contributed by atoms with Gasteiger partial charge in [0.15, 0.2) is 5.17 Å². The Morgan fingerprint density at radius 3 is 2.82 bits per heavy atom. The van der Waals surface area contributed by atoms with E-state index < -0.39 is 29.5 Å². The van der Waals surface area contributed by atoms with Gasteiger partial charge in [0.1, 0.15) is 11.8 Å². The second-order valence-electron chi connectivity index (χ2n) is 5.71. The Morgan fingerprint density at radius 2 is 2.11 bits per heavy atom. The molecule has 1 atom stereocenters. The second-order valence-corrected chi connectivity index (χ2v) is 6.65. The predicted molar refractivity (Wildman–Crippen MR) is 98.2 cm³/mol. The average Bonchev–Trinajstić information content (AvgIpc) is 3.03. The molecule has 12 heteroatoms. The predicted octanol–water partition coefficient (Wildman–Crippen LogP) is 1.58. The quantitative estimate of drug-likeness (QED) is 0.762. The number of hydrogen-bond donors (Lipinski definition) is 2. The zero-order chi connectivity index (χ0) is 20.3. The molecule has 3 rings (SSSR count). The van der Waals surface area contributed by atoms with Gasteiger partial charge in [0.05, 0.1) is 24.5 Å². The van der Waals surface area contributed by atoms with Gasteiger partial charge in [0.25, 0.3) is 5.91 Å². The average molecular weight is 413 g/mol. The minimum atomic E-state index is -4.51. The Balaban J connectivity index is 1.61. The molecule has 0 saturated heterocycles. The smallest absolute Gasteiger partial charge is 0.394 e. The molecule has 2 aliphatic heterocycles. The van der Waals surface area contributed by atoms with Gasteiger partial charge in [-0.15, -0.1) is 0 Å². The molecule has 148 valence electrons. The number of rotatable bonds is 5. The molecular weight excluding hydrogens is 399 g/mol. The number of hydrogen-bond acceptors (Lipinski definition) is 7. The third-order valence-electron chi connectivity index (χ3n) is 3.70. The number of fused-ring (bicyclic) bond motifs is 1. The number of alkyl halides is 3. The van der Waals surface area contributed by atoms with Gasteiger partial charge in [-0.05, 0) is 18.2 Å². The lowest BCUT2D eigenvalue weighted by atomic mass is 10.1. The van der Waals surface area contributed by atoms with Crippen LogP contribution in [0.4, 0.5) is 18.9 Å². The second kappa shape index (κ2) is 8.10. The highest BCUT2D eigenvalue weighted by molar-refractivity contribution is 8.14. The van der Waals surface area contributed by atoms with E-state index in [9.17, 15) is 22.8 Å². The molecular formula is C16H14F3N5O3S. The summed E-state index contributed by atoms with van der Waals surface area (Å²) in [6.07, 6.45) is -3.13. The summed E-state index contributed by atoms with van der Waals surface area (Å²) in [6, 6.07) is 4.27. The summed E-state index contributed by atoms with van der Waals surface area (Å²) in [6.45, 7) is -0.0244. The Hall–Kier alpha value is -2.73. The van der Waals surface area contributed by atoms with Crippen LogP contribution in [0.15, 0.2) is 39.4 Å². The van der Waals surface area contributed by atoms with Gasteiger partial charge >= 0.3 is 6.18 Å². The highest BCUT2D eigenvalue weighted by Crippen LogP contribution is 2.30. The molecule has 2 heterocycles. The van der Waals surface area contributed by atoms with Crippen LogP contribution in [0.1, 0.15) is 5.56 Å². The van der Waals surface area contributed by atoms with Crippen LogP contribution < -0.4 is 5.32 Å². The number of aliphatic imine (C=N–C) groups is 2. The zero-order valence-electron chi connectivity index (χ0n) is 14.2. The van der Waals surface area contributed by atoms with Crippen molar-refractivity contribution in [3.8, 4) is 0 Å². The van der Waals surface area contributed by atoms with Crippen molar-refractivity contribution in [2.75, 3.05) is 24.2 Å². The van der Waals surface area contributed by atoms with Gasteiger partial charge < -0.3 is 10.4 Å². The molecule has 0 fully saturated rings. The number of anilines is 1. The minimum absolute atomic E-state index is 0.00627. The van der Waals surface area contributed by atoms with Gasteiger partial charge in [-0.1, -0.05) is 17.8 Å². The third-order valence-corrected chi connectivity index (χ3v) is 4.54. The standard InChI is InChI=1S/C16H14F3N5O3S/c17-16(18,19)9-2-1-3-10(6-9)21-12(26)8-28-15-22-13-11(14(27)23-15)7-20-24(13)4-5-25/h1-3,6-7,11,25H,4-5,8H2,(H,21,26). The fraction of sp³-hybridized carbons (Fsp3) is 0.312. The number of aliphatic hydroxyl groups excluding tert-OH is 1. The summed E-state index contributed by atoms with van der Waals surface area (Å²) in [5.41, 5.74) is -0.866. The number of carbonyl (C=O) groups excluding carboxylic acids is 2. The van der Waals surface area contributed by atoms with Crippen molar-refractivity contribution in [2.24, 2.45) is 21.0 Å². The van der Waals surface area contributed by atoms with Crippen LogP contribution in [-0.4, -0.2) is 58.1 Å². The van der Waals surface area contributed by atoms with E-state index in [2.05, 4.69) is 20.4 Å². The molecule has 0 radical (unpaired) electrons. The fourth-order valence-electron chi connectivity index (χ4n) is 2.45. The van der Waals surface area contributed by atoms with Gasteiger partial charge in [0.2, 0.25) is 5.91 Å². The normalized spacial score (nSPS) is 18.6. The number of thioether (sulfide) groups is 1. The highest BCUT2D eigenvalue weighted by Gasteiger charge is 2.35. The van der Waals surface area contributed by atoms with Gasteiger partial charge in [-0.25, -0.2) is 10.0 Å². The number of carbonyl (C=O) groups is 2. The number of amides is 2. The third kappa shape index (κ3) is 4.57. The van der Waals surface area contributed by atoms with E-state index in [1.807, 2.05) is 0 Å². The van der Waals surface area contributed by atoms with Crippen molar-refractivity contribution in [3.05, 3.63) is 29.8 Å². The van der Waals surface area contributed by atoms with E-state index in [1.165, 1.54) is 23.4 Å². The molecule has 1 unspecified atom stereocenters. The molecule has 0 spiro atoms. The molecule has 2 N–H and O–H groups in total. The van der Waals surface area contributed by atoms with Crippen LogP contribution in [0.5, 0.6) is 0 Å². The van der Waals surface area contributed by atoms with Crippen LogP contribution in [0.3, 0.4) is 0 Å². The number of amidine groups is 2. The number of nitrogens with zero attached hydrogens (tertiary/aromatic N) is 4. The van der Waals surface area contributed by atoms with Crippen molar-refractivity contribution < 1.29 is 27.9 Å². The number of hydrazone groups is 1. The van der Waals surface area contributed by atoms with Crippen molar-refractivity contribution >= 4 is 46.5 Å². The Morgan fingerprint density at radius 1 is 1.32 bits per heavy atom. The van der Waals surface area contributed by atoms with E-state index in [-0.39, 0.29) is 29.8 Å². The number of halogens is 3. The van der Waals surface area contributed by atoms with Crippen LogP contribution in [0.25, 0.3) is 0 Å². The highest BCUT2D eigenvalue weighted by atomic mass is 32.2. The molecule has 0 aromatic heterocycles. The molecule has 0 saturated carbocycles. The van der Waals surface area contributed by atoms with Crippen LogP contribution in [-0.2, 0) is 15.8 Å². The van der Waals surface area contributed by atoms with Crippen LogP contribution >= 0.6 is 11.8 Å². The summed E-state index contributed by atoms with van der Waals surface area (Å²) in [4.78, 5) is 32.0. The molecule has 1 aromatic rings. The van der Waals surface area contributed by atoms with E-state index in [4.69, 9.17) is 5.11 Å². The first-order chi connectivity index (χ1) is 13.3. The molecule has 8 nitrogen and oxygen atoms in total. The topological polar surface area (TPSA) is 107 Å².